The highest BCUT2D eigenvalue weighted by Gasteiger charge is 2.37. The lowest BCUT2D eigenvalue weighted by atomic mass is 9.94. The zero-order chi connectivity index (χ0) is 20.0. The lowest BCUT2D eigenvalue weighted by Gasteiger charge is -2.31. The van der Waals surface area contributed by atoms with E-state index in [1.165, 1.54) is 22.3 Å². The molecule has 2 heterocycles. The van der Waals surface area contributed by atoms with Crippen LogP contribution in [0.3, 0.4) is 0 Å². The van der Waals surface area contributed by atoms with E-state index in [0.717, 1.165) is 31.6 Å². The van der Waals surface area contributed by atoms with Gasteiger partial charge < -0.3 is 15.5 Å². The number of hydrogen-bond acceptors (Lipinski definition) is 3. The first kappa shape index (κ1) is 20.9. The van der Waals surface area contributed by atoms with Crippen LogP contribution >= 0.6 is 12.4 Å². The molecule has 2 aliphatic heterocycles. The van der Waals surface area contributed by atoms with Crippen LogP contribution in [0, 0.1) is 11.8 Å². The smallest absolute Gasteiger partial charge is 0.227 e. The molecule has 3 atom stereocenters. The van der Waals surface area contributed by atoms with E-state index in [0.29, 0.717) is 18.9 Å². The Morgan fingerprint density at radius 2 is 1.93 bits per heavy atom. The summed E-state index contributed by atoms with van der Waals surface area (Å²) in [5.41, 5.74) is 6.04. The van der Waals surface area contributed by atoms with Crippen molar-refractivity contribution in [2.24, 2.45) is 11.8 Å². The summed E-state index contributed by atoms with van der Waals surface area (Å²) in [7, 11) is 0. The summed E-state index contributed by atoms with van der Waals surface area (Å²) in [6.07, 6.45) is 2.14. The summed E-state index contributed by atoms with van der Waals surface area (Å²) in [5, 5.41) is 6.56. The van der Waals surface area contributed by atoms with Crippen molar-refractivity contribution in [1.82, 2.24) is 10.6 Å². The summed E-state index contributed by atoms with van der Waals surface area (Å²) in [4.78, 5) is 27.3. The van der Waals surface area contributed by atoms with Crippen molar-refractivity contribution in [2.45, 2.75) is 32.2 Å². The van der Waals surface area contributed by atoms with Crippen molar-refractivity contribution in [1.29, 1.82) is 0 Å². The fraction of sp³-hybridized carbons (Fsp3) is 0.417. The Labute approximate surface area is 183 Å². The first-order chi connectivity index (χ1) is 14.1. The Hall–Kier alpha value is -2.37. The van der Waals surface area contributed by atoms with E-state index >= 15 is 0 Å². The molecule has 30 heavy (non-hydrogen) atoms. The van der Waals surface area contributed by atoms with Crippen LogP contribution in [0.4, 0.5) is 5.69 Å². The Morgan fingerprint density at radius 1 is 1.13 bits per heavy atom. The summed E-state index contributed by atoms with van der Waals surface area (Å²) >= 11 is 0. The molecule has 2 N–H and O–H groups in total. The normalized spacial score (nSPS) is 24.8. The molecule has 0 bridgehead atoms. The average molecular weight is 426 g/mol. The molecule has 2 aromatic carbocycles. The maximum Gasteiger partial charge on any atom is 0.227 e. The van der Waals surface area contributed by atoms with Gasteiger partial charge in [0.1, 0.15) is 0 Å². The molecule has 0 radical (unpaired) electrons. The fourth-order valence-electron chi connectivity index (χ4n) is 4.96. The first-order valence-corrected chi connectivity index (χ1v) is 10.6. The Bertz CT molecular complexity index is 977. The van der Waals surface area contributed by atoms with E-state index in [1.54, 1.807) is 4.90 Å². The maximum atomic E-state index is 12.8. The number of rotatable bonds is 3. The van der Waals surface area contributed by atoms with E-state index in [-0.39, 0.29) is 36.2 Å². The van der Waals surface area contributed by atoms with Gasteiger partial charge in [0.05, 0.1) is 5.92 Å². The quantitative estimate of drug-likeness (QED) is 0.677. The van der Waals surface area contributed by atoms with E-state index in [9.17, 15) is 9.59 Å². The van der Waals surface area contributed by atoms with Crippen molar-refractivity contribution < 1.29 is 9.59 Å². The maximum absolute atomic E-state index is 12.8. The van der Waals surface area contributed by atoms with Gasteiger partial charge in [-0.25, -0.2) is 0 Å². The predicted octanol–water partition coefficient (Wildman–Crippen LogP) is 3.15. The topological polar surface area (TPSA) is 61.4 Å². The number of hydrogen-bond donors (Lipinski definition) is 2. The van der Waals surface area contributed by atoms with Gasteiger partial charge in [-0.3, -0.25) is 9.59 Å². The molecule has 0 spiro atoms. The van der Waals surface area contributed by atoms with Crippen LogP contribution in [0.1, 0.15) is 30.9 Å². The molecule has 2 amide bonds. The molecule has 3 aliphatic rings. The van der Waals surface area contributed by atoms with Crippen molar-refractivity contribution in [3.63, 3.8) is 0 Å². The van der Waals surface area contributed by atoms with Gasteiger partial charge in [0.2, 0.25) is 11.8 Å². The van der Waals surface area contributed by atoms with E-state index < -0.39 is 0 Å². The molecule has 5 nitrogen and oxygen atoms in total. The molecule has 5 rings (SSSR count). The number of carbonyl (C=O) groups is 2. The molecule has 1 aliphatic carbocycles. The third kappa shape index (κ3) is 3.72. The van der Waals surface area contributed by atoms with Crippen LogP contribution in [0.25, 0.3) is 11.1 Å². The molecule has 0 aromatic heterocycles. The van der Waals surface area contributed by atoms with Crippen LogP contribution < -0.4 is 15.5 Å². The van der Waals surface area contributed by atoms with Gasteiger partial charge >= 0.3 is 0 Å². The highest BCUT2D eigenvalue weighted by molar-refractivity contribution is 6.00. The second kappa shape index (κ2) is 8.40. The minimum absolute atomic E-state index is 0. The van der Waals surface area contributed by atoms with Gasteiger partial charge in [0.15, 0.2) is 0 Å². The number of carbonyl (C=O) groups excluding carboxylic acids is 2. The van der Waals surface area contributed by atoms with Crippen molar-refractivity contribution >= 4 is 29.9 Å². The largest absolute Gasteiger partial charge is 0.353 e. The zero-order valence-corrected chi connectivity index (χ0v) is 18.0. The number of benzene rings is 2. The molecular formula is C24H28ClN3O2. The lowest BCUT2D eigenvalue weighted by molar-refractivity contribution is -0.127. The predicted molar refractivity (Wildman–Crippen MR) is 121 cm³/mol. The minimum atomic E-state index is -0.268. The number of nitrogens with zero attached hydrogens (tertiary/aromatic N) is 1. The SMILES string of the molecule is CC1CNCCC1NC(=O)C1CC(=O)N(c2ccc3c(c2)Cc2ccccc2-3)C1.Cl. The molecule has 158 valence electrons. The van der Waals surface area contributed by atoms with Gasteiger partial charge in [-0.1, -0.05) is 37.3 Å². The van der Waals surface area contributed by atoms with Crippen LogP contribution in [-0.2, 0) is 16.0 Å². The summed E-state index contributed by atoms with van der Waals surface area (Å²) in [5.74, 6) is 0.210. The van der Waals surface area contributed by atoms with Crippen LogP contribution in [0.15, 0.2) is 42.5 Å². The van der Waals surface area contributed by atoms with E-state index in [2.05, 4.69) is 54.0 Å². The minimum Gasteiger partial charge on any atom is -0.353 e. The number of halogens is 1. The summed E-state index contributed by atoms with van der Waals surface area (Å²) < 4.78 is 0. The van der Waals surface area contributed by atoms with Crippen LogP contribution in [0.5, 0.6) is 0 Å². The van der Waals surface area contributed by atoms with Crippen LogP contribution in [0.2, 0.25) is 0 Å². The monoisotopic (exact) mass is 425 g/mol. The third-order valence-corrected chi connectivity index (χ3v) is 6.70. The number of piperidine rings is 1. The molecular weight excluding hydrogens is 398 g/mol. The molecule has 6 heteroatoms. The second-order valence-corrected chi connectivity index (χ2v) is 8.67. The third-order valence-electron chi connectivity index (χ3n) is 6.70. The number of fused-ring (bicyclic) bond motifs is 3. The van der Waals surface area contributed by atoms with Crippen molar-refractivity contribution in [3.8, 4) is 11.1 Å². The first-order valence-electron chi connectivity index (χ1n) is 10.6. The average Bonchev–Trinajstić information content (AvgIpc) is 3.29. The zero-order valence-electron chi connectivity index (χ0n) is 17.2. The number of anilines is 1. The molecule has 2 saturated heterocycles. The van der Waals surface area contributed by atoms with E-state index in [4.69, 9.17) is 0 Å². The molecule has 2 fully saturated rings. The number of nitrogens with one attached hydrogen (secondary N) is 2. The van der Waals surface area contributed by atoms with Gasteiger partial charge in [-0.15, -0.1) is 12.4 Å². The van der Waals surface area contributed by atoms with Gasteiger partial charge in [-0.05, 0) is 66.2 Å². The molecule has 2 aromatic rings. The Balaban J connectivity index is 0.00000218. The second-order valence-electron chi connectivity index (χ2n) is 8.67. The summed E-state index contributed by atoms with van der Waals surface area (Å²) in [6, 6.07) is 14.9. The van der Waals surface area contributed by atoms with E-state index in [1.807, 2.05) is 6.07 Å². The van der Waals surface area contributed by atoms with Gasteiger partial charge in [-0.2, -0.15) is 0 Å². The van der Waals surface area contributed by atoms with Crippen molar-refractivity contribution in [2.75, 3.05) is 24.5 Å². The number of amides is 2. The summed E-state index contributed by atoms with van der Waals surface area (Å²) in [6.45, 7) is 4.49. The van der Waals surface area contributed by atoms with Crippen molar-refractivity contribution in [3.05, 3.63) is 53.6 Å². The van der Waals surface area contributed by atoms with Crippen LogP contribution in [-0.4, -0.2) is 37.5 Å². The fourth-order valence-corrected chi connectivity index (χ4v) is 4.96. The molecule has 0 saturated carbocycles. The van der Waals surface area contributed by atoms with Gasteiger partial charge in [0, 0.05) is 24.7 Å². The highest BCUT2D eigenvalue weighted by atomic mass is 35.5. The Kier molecular flexibility index (Phi) is 5.85. The lowest BCUT2D eigenvalue weighted by Crippen LogP contribution is -2.50. The highest BCUT2D eigenvalue weighted by Crippen LogP contribution is 2.39. The molecule has 3 unspecified atom stereocenters. The Morgan fingerprint density at radius 3 is 2.77 bits per heavy atom. The van der Waals surface area contributed by atoms with Gasteiger partial charge in [0.25, 0.3) is 0 Å². The standard InChI is InChI=1S/C24H27N3O2.ClH/c1-15-13-25-9-8-22(15)26-24(29)18-12-23(28)27(14-18)19-6-7-21-17(11-19)10-16-4-2-3-5-20(16)21;/h2-7,11,15,18,22,25H,8-10,12-14H2,1H3,(H,26,29);1H.